The minimum Gasteiger partial charge on any atom is -0.372 e. The molecule has 1 aromatic carbocycles. The maximum absolute atomic E-state index is 13.7. The van der Waals surface area contributed by atoms with Crippen LogP contribution < -0.4 is 4.90 Å². The topological polar surface area (TPSA) is 3.24 Å². The van der Waals surface area contributed by atoms with Gasteiger partial charge in [-0.05, 0) is 24.1 Å². The van der Waals surface area contributed by atoms with E-state index in [1.165, 1.54) is 0 Å². The lowest BCUT2D eigenvalue weighted by Crippen LogP contribution is -2.19. The van der Waals surface area contributed by atoms with Crippen molar-refractivity contribution in [2.75, 3.05) is 18.5 Å². The highest BCUT2D eigenvalue weighted by Crippen LogP contribution is 2.20. The van der Waals surface area contributed by atoms with E-state index in [0.717, 1.165) is 24.9 Å². The van der Waals surface area contributed by atoms with Gasteiger partial charge in [0.05, 0.1) is 5.69 Å². The Hall–Kier alpha value is -0.570. The second kappa shape index (κ2) is 6.11. The van der Waals surface area contributed by atoms with Gasteiger partial charge in [0.25, 0.3) is 0 Å². The third kappa shape index (κ3) is 3.49. The van der Waals surface area contributed by atoms with Crippen LogP contribution >= 0.6 is 15.9 Å². The predicted molar refractivity (Wildman–Crippen MR) is 67.2 cm³/mol. The van der Waals surface area contributed by atoms with E-state index >= 15 is 0 Å². The van der Waals surface area contributed by atoms with Gasteiger partial charge in [0.15, 0.2) is 0 Å². The Balaban J connectivity index is 2.76. The molecule has 0 aromatic heterocycles. The van der Waals surface area contributed by atoms with Crippen molar-refractivity contribution in [3.05, 3.63) is 29.6 Å². The number of benzene rings is 1. The van der Waals surface area contributed by atoms with E-state index in [-0.39, 0.29) is 5.82 Å². The van der Waals surface area contributed by atoms with Gasteiger partial charge in [-0.1, -0.05) is 35.3 Å². The van der Waals surface area contributed by atoms with Crippen molar-refractivity contribution in [1.82, 2.24) is 0 Å². The first kappa shape index (κ1) is 12.5. The molecule has 0 aliphatic heterocycles. The highest BCUT2D eigenvalue weighted by molar-refractivity contribution is 9.08. The molecule has 1 aromatic rings. The van der Waals surface area contributed by atoms with Crippen LogP contribution in [0, 0.1) is 5.82 Å². The molecule has 0 amide bonds. The maximum atomic E-state index is 13.7. The summed E-state index contributed by atoms with van der Waals surface area (Å²) in [5, 5.41) is 0.697. The number of halogens is 2. The van der Waals surface area contributed by atoms with Crippen LogP contribution in [0.2, 0.25) is 0 Å². The van der Waals surface area contributed by atoms with Crippen LogP contribution in [0.4, 0.5) is 10.1 Å². The number of unbranched alkanes of at least 4 members (excludes halogenated alkanes) is 1. The van der Waals surface area contributed by atoms with Crippen LogP contribution in [-0.4, -0.2) is 13.6 Å². The second-order valence-electron chi connectivity index (χ2n) is 3.69. The summed E-state index contributed by atoms with van der Waals surface area (Å²) in [5.41, 5.74) is 1.66. The lowest BCUT2D eigenvalue weighted by atomic mass is 10.2. The van der Waals surface area contributed by atoms with Crippen molar-refractivity contribution < 1.29 is 4.39 Å². The molecular weight excluding hydrogens is 257 g/mol. The molecule has 1 nitrogen and oxygen atoms in total. The summed E-state index contributed by atoms with van der Waals surface area (Å²) in [6.07, 6.45) is 2.22. The number of nitrogens with zero attached hydrogens (tertiary/aromatic N) is 1. The molecule has 0 bridgehead atoms. The van der Waals surface area contributed by atoms with E-state index in [1.54, 1.807) is 6.07 Å². The molecule has 84 valence electrons. The summed E-state index contributed by atoms with van der Waals surface area (Å²) in [7, 11) is 1.93. The van der Waals surface area contributed by atoms with Crippen LogP contribution in [0.3, 0.4) is 0 Å². The summed E-state index contributed by atoms with van der Waals surface area (Å²) in [5.74, 6) is -0.134. The zero-order valence-corrected chi connectivity index (χ0v) is 10.8. The van der Waals surface area contributed by atoms with Crippen LogP contribution in [0.25, 0.3) is 0 Å². The zero-order valence-electron chi connectivity index (χ0n) is 9.26. The first-order valence-electron chi connectivity index (χ1n) is 5.24. The molecule has 0 atom stereocenters. The van der Waals surface area contributed by atoms with Gasteiger partial charge in [-0.15, -0.1) is 0 Å². The van der Waals surface area contributed by atoms with Gasteiger partial charge < -0.3 is 4.90 Å². The number of anilines is 1. The Morgan fingerprint density at radius 2 is 2.13 bits per heavy atom. The van der Waals surface area contributed by atoms with Gasteiger partial charge >= 0.3 is 0 Å². The van der Waals surface area contributed by atoms with E-state index in [9.17, 15) is 4.39 Å². The molecule has 1 rings (SSSR count). The average molecular weight is 274 g/mol. The van der Waals surface area contributed by atoms with Crippen molar-refractivity contribution >= 4 is 21.6 Å². The summed E-state index contributed by atoms with van der Waals surface area (Å²) >= 11 is 3.31. The van der Waals surface area contributed by atoms with Crippen LogP contribution in [0.5, 0.6) is 0 Å². The number of alkyl halides is 1. The van der Waals surface area contributed by atoms with E-state index < -0.39 is 0 Å². The van der Waals surface area contributed by atoms with Crippen molar-refractivity contribution in [3.63, 3.8) is 0 Å². The van der Waals surface area contributed by atoms with Crippen molar-refractivity contribution in [1.29, 1.82) is 0 Å². The molecule has 0 radical (unpaired) electrons. The molecule has 15 heavy (non-hydrogen) atoms. The van der Waals surface area contributed by atoms with E-state index in [0.29, 0.717) is 11.0 Å². The van der Waals surface area contributed by atoms with Crippen LogP contribution in [-0.2, 0) is 5.33 Å². The fraction of sp³-hybridized carbons (Fsp3) is 0.500. The first-order valence-corrected chi connectivity index (χ1v) is 6.36. The van der Waals surface area contributed by atoms with Gasteiger partial charge in [0, 0.05) is 18.9 Å². The third-order valence-corrected chi connectivity index (χ3v) is 3.07. The monoisotopic (exact) mass is 273 g/mol. The average Bonchev–Trinajstić information content (AvgIpc) is 2.25. The van der Waals surface area contributed by atoms with Crippen molar-refractivity contribution in [2.45, 2.75) is 25.1 Å². The minimum absolute atomic E-state index is 0.134. The number of hydrogen-bond donors (Lipinski definition) is 0. The summed E-state index contributed by atoms with van der Waals surface area (Å²) in [4.78, 5) is 1.97. The van der Waals surface area contributed by atoms with E-state index in [1.807, 2.05) is 24.1 Å². The number of hydrogen-bond acceptors (Lipinski definition) is 1. The fourth-order valence-electron chi connectivity index (χ4n) is 1.46. The maximum Gasteiger partial charge on any atom is 0.146 e. The Kier molecular flexibility index (Phi) is 5.09. The second-order valence-corrected chi connectivity index (χ2v) is 4.26. The summed E-state index contributed by atoms with van der Waals surface area (Å²) in [6, 6.07) is 5.39. The van der Waals surface area contributed by atoms with Gasteiger partial charge in [0.1, 0.15) is 5.82 Å². The normalized spacial score (nSPS) is 10.4. The smallest absolute Gasteiger partial charge is 0.146 e. The van der Waals surface area contributed by atoms with Gasteiger partial charge in [-0.2, -0.15) is 0 Å². The lowest BCUT2D eigenvalue weighted by molar-refractivity contribution is 0.618. The zero-order chi connectivity index (χ0) is 11.3. The molecule has 3 heteroatoms. The predicted octanol–water partition coefficient (Wildman–Crippen LogP) is 3.96. The highest BCUT2D eigenvalue weighted by atomic mass is 79.9. The molecule has 0 aliphatic carbocycles. The SMILES string of the molecule is CCCCN(C)c1ccc(CBr)cc1F. The lowest BCUT2D eigenvalue weighted by Gasteiger charge is -2.19. The molecule has 0 fully saturated rings. The quantitative estimate of drug-likeness (QED) is 0.735. The standard InChI is InChI=1S/C12H17BrFN/c1-3-4-7-15(2)12-6-5-10(9-13)8-11(12)14/h5-6,8H,3-4,7,9H2,1-2H3. The van der Waals surface area contributed by atoms with Gasteiger partial charge in [-0.25, -0.2) is 4.39 Å². The first-order chi connectivity index (χ1) is 7.19. The van der Waals surface area contributed by atoms with Crippen LogP contribution in [0.15, 0.2) is 18.2 Å². The minimum atomic E-state index is -0.134. The van der Waals surface area contributed by atoms with Crippen molar-refractivity contribution in [3.8, 4) is 0 Å². The van der Waals surface area contributed by atoms with Gasteiger partial charge in [-0.3, -0.25) is 0 Å². The molecule has 0 spiro atoms. The Morgan fingerprint density at radius 1 is 1.40 bits per heavy atom. The Bertz CT molecular complexity index is 314. The molecule has 0 unspecified atom stereocenters. The molecule has 0 heterocycles. The fourth-order valence-corrected chi connectivity index (χ4v) is 1.81. The molecular formula is C12H17BrFN. The van der Waals surface area contributed by atoms with Gasteiger partial charge in [0.2, 0.25) is 0 Å². The third-order valence-electron chi connectivity index (χ3n) is 2.42. The molecule has 0 N–H and O–H groups in total. The number of rotatable bonds is 5. The summed E-state index contributed by atoms with van der Waals surface area (Å²) < 4.78 is 13.7. The van der Waals surface area contributed by atoms with Crippen molar-refractivity contribution in [2.24, 2.45) is 0 Å². The summed E-state index contributed by atoms with van der Waals surface area (Å²) in [6.45, 7) is 3.04. The van der Waals surface area contributed by atoms with E-state index in [4.69, 9.17) is 0 Å². The Labute approximate surface area is 99.4 Å². The molecule has 0 aliphatic rings. The Morgan fingerprint density at radius 3 is 2.67 bits per heavy atom. The largest absolute Gasteiger partial charge is 0.372 e. The molecule has 0 saturated heterocycles. The molecule has 0 saturated carbocycles. The highest BCUT2D eigenvalue weighted by Gasteiger charge is 2.07. The van der Waals surface area contributed by atoms with Crippen LogP contribution in [0.1, 0.15) is 25.3 Å². The van der Waals surface area contributed by atoms with E-state index in [2.05, 4.69) is 22.9 Å².